The second-order valence-corrected chi connectivity index (χ2v) is 5.48. The normalized spacial score (nSPS) is 12.6. The summed E-state index contributed by atoms with van der Waals surface area (Å²) in [4.78, 5) is 2.20. The van der Waals surface area contributed by atoms with Crippen molar-refractivity contribution in [3.8, 4) is 11.5 Å². The fourth-order valence-corrected chi connectivity index (χ4v) is 2.33. The first-order chi connectivity index (χ1) is 7.99. The summed E-state index contributed by atoms with van der Waals surface area (Å²) in [6, 6.07) is 4.57. The molecule has 0 spiro atoms. The van der Waals surface area contributed by atoms with Crippen molar-refractivity contribution in [2.24, 2.45) is 0 Å². The Morgan fingerprint density at radius 3 is 2.24 bits per heavy atom. The Hall–Kier alpha value is -0.490. The molecule has 1 atom stereocenters. The second-order valence-electron chi connectivity index (χ2n) is 4.32. The minimum absolute atomic E-state index is 0.480. The van der Waals surface area contributed by atoms with Crippen LogP contribution in [-0.4, -0.2) is 39.3 Å². The lowest BCUT2D eigenvalue weighted by molar-refractivity contribution is 0.308. The van der Waals surface area contributed by atoms with E-state index in [1.165, 1.54) is 5.56 Å². The molecule has 96 valence electrons. The molecule has 0 aliphatic rings. The van der Waals surface area contributed by atoms with Crippen LogP contribution in [0, 0.1) is 3.57 Å². The first-order valence-electron chi connectivity index (χ1n) is 5.56. The van der Waals surface area contributed by atoms with Crippen LogP contribution < -0.4 is 9.47 Å². The Morgan fingerprint density at radius 2 is 1.76 bits per heavy atom. The minimum Gasteiger partial charge on any atom is -0.496 e. The van der Waals surface area contributed by atoms with Crippen LogP contribution >= 0.6 is 22.6 Å². The minimum atomic E-state index is 0.480. The standard InChI is InChI=1S/C13H20INO2/c1-9(15(2)3)6-10-7-11(14)13(17-5)8-12(10)16-4/h7-9H,6H2,1-5H3. The molecule has 0 N–H and O–H groups in total. The molecule has 0 saturated carbocycles. The third-order valence-electron chi connectivity index (χ3n) is 2.95. The highest BCUT2D eigenvalue weighted by Gasteiger charge is 2.13. The van der Waals surface area contributed by atoms with Crippen molar-refractivity contribution in [3.63, 3.8) is 0 Å². The first-order valence-corrected chi connectivity index (χ1v) is 6.64. The Labute approximate surface area is 117 Å². The molecule has 1 aromatic carbocycles. The molecule has 0 heterocycles. The molecule has 17 heavy (non-hydrogen) atoms. The van der Waals surface area contributed by atoms with Gasteiger partial charge >= 0.3 is 0 Å². The monoisotopic (exact) mass is 349 g/mol. The molecule has 0 aromatic heterocycles. The molecule has 0 saturated heterocycles. The third-order valence-corrected chi connectivity index (χ3v) is 3.79. The van der Waals surface area contributed by atoms with E-state index in [0.717, 1.165) is 21.5 Å². The van der Waals surface area contributed by atoms with E-state index in [9.17, 15) is 0 Å². The summed E-state index contributed by atoms with van der Waals surface area (Å²) in [5.41, 5.74) is 1.22. The molecule has 4 heteroatoms. The quantitative estimate of drug-likeness (QED) is 0.763. The van der Waals surface area contributed by atoms with E-state index in [-0.39, 0.29) is 0 Å². The van der Waals surface area contributed by atoms with Gasteiger partial charge in [0.15, 0.2) is 0 Å². The Morgan fingerprint density at radius 1 is 1.18 bits per heavy atom. The summed E-state index contributed by atoms with van der Waals surface area (Å²) >= 11 is 2.29. The zero-order valence-electron chi connectivity index (χ0n) is 11.1. The van der Waals surface area contributed by atoms with Crippen molar-refractivity contribution < 1.29 is 9.47 Å². The number of likely N-dealkylation sites (N-methyl/N-ethyl adjacent to an activating group) is 1. The highest BCUT2D eigenvalue weighted by molar-refractivity contribution is 14.1. The average Bonchev–Trinajstić information content (AvgIpc) is 2.29. The Kier molecular flexibility index (Phi) is 5.52. The van der Waals surface area contributed by atoms with Gasteiger partial charge in [-0.3, -0.25) is 0 Å². The van der Waals surface area contributed by atoms with E-state index in [0.29, 0.717) is 6.04 Å². The number of hydrogen-bond donors (Lipinski definition) is 0. The van der Waals surface area contributed by atoms with Gasteiger partial charge in [-0.05, 0) is 61.7 Å². The molecule has 0 bridgehead atoms. The van der Waals surface area contributed by atoms with E-state index in [1.54, 1.807) is 14.2 Å². The van der Waals surface area contributed by atoms with Crippen LogP contribution in [0.3, 0.4) is 0 Å². The summed E-state index contributed by atoms with van der Waals surface area (Å²) in [6.45, 7) is 2.20. The molecule has 0 amide bonds. The van der Waals surface area contributed by atoms with Crippen LogP contribution in [0.5, 0.6) is 11.5 Å². The molecule has 1 rings (SSSR count). The third kappa shape index (κ3) is 3.74. The van der Waals surface area contributed by atoms with Gasteiger partial charge in [-0.25, -0.2) is 0 Å². The molecular weight excluding hydrogens is 329 g/mol. The molecular formula is C13H20INO2. The lowest BCUT2D eigenvalue weighted by Crippen LogP contribution is -2.26. The molecule has 1 aromatic rings. The van der Waals surface area contributed by atoms with Gasteiger partial charge in [0, 0.05) is 12.1 Å². The molecule has 0 aliphatic heterocycles. The number of nitrogens with zero attached hydrogens (tertiary/aromatic N) is 1. The maximum absolute atomic E-state index is 5.42. The van der Waals surface area contributed by atoms with Crippen LogP contribution in [-0.2, 0) is 6.42 Å². The lowest BCUT2D eigenvalue weighted by atomic mass is 10.1. The smallest absolute Gasteiger partial charge is 0.135 e. The SMILES string of the molecule is COc1cc(OC)c(CC(C)N(C)C)cc1I. The zero-order valence-corrected chi connectivity index (χ0v) is 13.2. The molecule has 0 radical (unpaired) electrons. The van der Waals surface area contributed by atoms with Crippen LogP contribution in [0.25, 0.3) is 0 Å². The van der Waals surface area contributed by atoms with Crippen molar-refractivity contribution in [3.05, 3.63) is 21.3 Å². The summed E-state index contributed by atoms with van der Waals surface area (Å²) in [5.74, 6) is 1.76. The van der Waals surface area contributed by atoms with Crippen molar-refractivity contribution in [2.45, 2.75) is 19.4 Å². The van der Waals surface area contributed by atoms with Crippen LogP contribution in [0.4, 0.5) is 0 Å². The van der Waals surface area contributed by atoms with Crippen LogP contribution in [0.2, 0.25) is 0 Å². The summed E-state index contributed by atoms with van der Waals surface area (Å²) < 4.78 is 11.8. The zero-order chi connectivity index (χ0) is 13.0. The Balaban J connectivity index is 3.02. The van der Waals surface area contributed by atoms with Gasteiger partial charge in [-0.1, -0.05) is 0 Å². The predicted octanol–water partition coefficient (Wildman–Crippen LogP) is 2.80. The van der Waals surface area contributed by atoms with Gasteiger partial charge in [0.05, 0.1) is 17.8 Å². The fourth-order valence-electron chi connectivity index (χ4n) is 1.58. The molecule has 0 fully saturated rings. The molecule has 0 aliphatic carbocycles. The summed E-state index contributed by atoms with van der Waals surface area (Å²) in [7, 11) is 7.56. The van der Waals surface area contributed by atoms with Gasteiger partial charge in [0.2, 0.25) is 0 Å². The average molecular weight is 349 g/mol. The van der Waals surface area contributed by atoms with Crippen LogP contribution in [0.1, 0.15) is 12.5 Å². The topological polar surface area (TPSA) is 21.7 Å². The van der Waals surface area contributed by atoms with E-state index in [2.05, 4.69) is 54.6 Å². The maximum atomic E-state index is 5.42. The largest absolute Gasteiger partial charge is 0.496 e. The number of rotatable bonds is 5. The number of hydrogen-bond acceptors (Lipinski definition) is 3. The van der Waals surface area contributed by atoms with Gasteiger partial charge in [-0.15, -0.1) is 0 Å². The van der Waals surface area contributed by atoms with Crippen molar-refractivity contribution >= 4 is 22.6 Å². The fraction of sp³-hybridized carbons (Fsp3) is 0.538. The number of benzene rings is 1. The van der Waals surface area contributed by atoms with Gasteiger partial charge in [0.25, 0.3) is 0 Å². The van der Waals surface area contributed by atoms with E-state index in [1.807, 2.05) is 6.07 Å². The predicted molar refractivity (Wildman–Crippen MR) is 79.1 cm³/mol. The summed E-state index contributed by atoms with van der Waals surface area (Å²) in [5, 5.41) is 0. The van der Waals surface area contributed by atoms with E-state index in [4.69, 9.17) is 9.47 Å². The Bertz CT molecular complexity index is 380. The van der Waals surface area contributed by atoms with Gasteiger partial charge in [-0.2, -0.15) is 0 Å². The van der Waals surface area contributed by atoms with E-state index < -0.39 is 0 Å². The second kappa shape index (κ2) is 6.44. The van der Waals surface area contributed by atoms with Crippen LogP contribution in [0.15, 0.2) is 12.1 Å². The first kappa shape index (κ1) is 14.6. The van der Waals surface area contributed by atoms with Gasteiger partial charge < -0.3 is 14.4 Å². The summed E-state index contributed by atoms with van der Waals surface area (Å²) in [6.07, 6.45) is 0.968. The molecule has 3 nitrogen and oxygen atoms in total. The number of ether oxygens (including phenoxy) is 2. The number of methoxy groups -OCH3 is 2. The highest BCUT2D eigenvalue weighted by Crippen LogP contribution is 2.31. The van der Waals surface area contributed by atoms with Crippen molar-refractivity contribution in [2.75, 3.05) is 28.3 Å². The lowest BCUT2D eigenvalue weighted by Gasteiger charge is -2.21. The highest BCUT2D eigenvalue weighted by atomic mass is 127. The van der Waals surface area contributed by atoms with E-state index >= 15 is 0 Å². The van der Waals surface area contributed by atoms with Crippen molar-refractivity contribution in [1.29, 1.82) is 0 Å². The molecule has 1 unspecified atom stereocenters. The van der Waals surface area contributed by atoms with Crippen molar-refractivity contribution in [1.82, 2.24) is 4.90 Å². The number of halogens is 1. The van der Waals surface area contributed by atoms with Gasteiger partial charge in [0.1, 0.15) is 11.5 Å². The maximum Gasteiger partial charge on any atom is 0.135 e.